The van der Waals surface area contributed by atoms with Crippen LogP contribution in [-0.4, -0.2) is 17.8 Å². The Bertz CT molecular complexity index is 409. The summed E-state index contributed by atoms with van der Waals surface area (Å²) < 4.78 is 25.7. The van der Waals surface area contributed by atoms with Gasteiger partial charge >= 0.3 is 10.0 Å². The van der Waals surface area contributed by atoms with Gasteiger partial charge in [0.2, 0.25) is 0 Å². The highest BCUT2D eigenvalue weighted by molar-refractivity contribution is 8.24. The molecular formula is C6H6N2O2S3. The lowest BCUT2D eigenvalue weighted by Crippen LogP contribution is -2.00. The molecule has 0 aromatic carbocycles. The highest BCUT2D eigenvalue weighted by Gasteiger charge is 2.12. The fourth-order valence-corrected chi connectivity index (χ4v) is 2.05. The van der Waals surface area contributed by atoms with E-state index in [0.29, 0.717) is 0 Å². The molecule has 4 nitrogen and oxygen atoms in total. The standard InChI is InChI=1S/C6H6N2O2S3/c9-13(10,8-6(11)12)5-3-1-2-4-7-5/h1-4H,(H2,8,11,12). The van der Waals surface area contributed by atoms with E-state index in [0.717, 1.165) is 0 Å². The summed E-state index contributed by atoms with van der Waals surface area (Å²) in [6.45, 7) is 0. The quantitative estimate of drug-likeness (QED) is 0.456. The van der Waals surface area contributed by atoms with E-state index in [1.807, 2.05) is 0 Å². The summed E-state index contributed by atoms with van der Waals surface area (Å²) in [6, 6.07) is 4.53. The molecule has 0 bridgehead atoms. The molecule has 1 rings (SSSR count). The van der Waals surface area contributed by atoms with E-state index in [4.69, 9.17) is 0 Å². The normalized spacial score (nSPS) is 10.9. The molecule has 0 unspecified atom stereocenters. The summed E-state index contributed by atoms with van der Waals surface area (Å²) in [7, 11) is -3.74. The third-order valence-corrected chi connectivity index (χ3v) is 2.77. The molecule has 0 aliphatic heterocycles. The van der Waals surface area contributed by atoms with Crippen LogP contribution in [0.1, 0.15) is 0 Å². The van der Waals surface area contributed by atoms with Crippen molar-refractivity contribution < 1.29 is 8.42 Å². The van der Waals surface area contributed by atoms with E-state index in [2.05, 4.69) is 34.6 Å². The molecule has 13 heavy (non-hydrogen) atoms. The SMILES string of the molecule is O=S(=O)(N=C(S)S)c1ccccn1. The fraction of sp³-hybridized carbons (Fsp3) is 0. The van der Waals surface area contributed by atoms with Crippen LogP contribution in [-0.2, 0) is 10.0 Å². The Morgan fingerprint density at radius 2 is 2.08 bits per heavy atom. The van der Waals surface area contributed by atoms with E-state index < -0.39 is 10.0 Å². The molecule has 1 heterocycles. The first-order valence-electron chi connectivity index (χ1n) is 3.16. The van der Waals surface area contributed by atoms with Crippen LogP contribution < -0.4 is 0 Å². The first-order valence-corrected chi connectivity index (χ1v) is 5.50. The van der Waals surface area contributed by atoms with E-state index >= 15 is 0 Å². The molecular weight excluding hydrogens is 228 g/mol. The number of thiol groups is 2. The van der Waals surface area contributed by atoms with Gasteiger partial charge in [0.05, 0.1) is 0 Å². The Balaban J connectivity index is 3.18. The lowest BCUT2D eigenvalue weighted by atomic mass is 10.5. The maximum Gasteiger partial charge on any atom is 0.301 e. The van der Waals surface area contributed by atoms with Gasteiger partial charge in [0.1, 0.15) is 4.38 Å². The molecule has 1 aromatic heterocycles. The molecule has 0 saturated heterocycles. The van der Waals surface area contributed by atoms with Crippen LogP contribution in [0, 0.1) is 0 Å². The molecule has 0 aliphatic rings. The molecule has 0 aliphatic carbocycles. The predicted octanol–water partition coefficient (Wildman–Crippen LogP) is 0.986. The number of hydrogen-bond donors (Lipinski definition) is 2. The molecule has 0 atom stereocenters. The van der Waals surface area contributed by atoms with E-state index in [1.165, 1.54) is 12.3 Å². The van der Waals surface area contributed by atoms with Crippen molar-refractivity contribution in [3.8, 4) is 0 Å². The fourth-order valence-electron chi connectivity index (χ4n) is 0.654. The minimum absolute atomic E-state index is 0.115. The van der Waals surface area contributed by atoms with Gasteiger partial charge in [-0.3, -0.25) is 0 Å². The number of pyridine rings is 1. The van der Waals surface area contributed by atoms with Crippen molar-refractivity contribution in [1.82, 2.24) is 4.98 Å². The van der Waals surface area contributed by atoms with E-state index in [1.54, 1.807) is 12.1 Å². The molecule has 0 N–H and O–H groups in total. The summed E-state index contributed by atoms with van der Waals surface area (Å²) in [5.74, 6) is 0. The van der Waals surface area contributed by atoms with Gasteiger partial charge in [0, 0.05) is 6.20 Å². The van der Waals surface area contributed by atoms with Crippen molar-refractivity contribution in [3.63, 3.8) is 0 Å². The van der Waals surface area contributed by atoms with Gasteiger partial charge < -0.3 is 0 Å². The first-order chi connectivity index (χ1) is 6.02. The van der Waals surface area contributed by atoms with Crippen LogP contribution in [0.15, 0.2) is 33.8 Å². The Hall–Kier alpha value is -0.530. The molecule has 0 amide bonds. The summed E-state index contributed by atoms with van der Waals surface area (Å²) in [5, 5.41) is -0.115. The topological polar surface area (TPSA) is 59.4 Å². The second-order valence-electron chi connectivity index (χ2n) is 2.03. The zero-order chi connectivity index (χ0) is 9.90. The van der Waals surface area contributed by atoms with Gasteiger partial charge in [-0.15, -0.1) is 29.7 Å². The summed E-state index contributed by atoms with van der Waals surface area (Å²) >= 11 is 7.30. The van der Waals surface area contributed by atoms with Crippen molar-refractivity contribution in [1.29, 1.82) is 0 Å². The van der Waals surface area contributed by atoms with Gasteiger partial charge in [-0.25, -0.2) is 4.98 Å². The average Bonchev–Trinajstić information content (AvgIpc) is 2.04. The Labute approximate surface area is 87.0 Å². The largest absolute Gasteiger partial charge is 0.301 e. The summed E-state index contributed by atoms with van der Waals surface area (Å²) in [4.78, 5) is 3.64. The maximum atomic E-state index is 11.3. The highest BCUT2D eigenvalue weighted by atomic mass is 32.2. The van der Waals surface area contributed by atoms with Crippen LogP contribution in [0.3, 0.4) is 0 Å². The van der Waals surface area contributed by atoms with Crippen LogP contribution in [0.2, 0.25) is 0 Å². The summed E-state index contributed by atoms with van der Waals surface area (Å²) in [5.41, 5.74) is 0. The van der Waals surface area contributed by atoms with E-state index in [9.17, 15) is 8.42 Å². The smallest absolute Gasteiger partial charge is 0.243 e. The second-order valence-corrected chi connectivity index (χ2v) is 4.79. The number of aromatic nitrogens is 1. The third kappa shape index (κ3) is 3.02. The van der Waals surface area contributed by atoms with Crippen molar-refractivity contribution in [2.24, 2.45) is 4.40 Å². The van der Waals surface area contributed by atoms with Gasteiger partial charge in [0.15, 0.2) is 5.03 Å². The average molecular weight is 234 g/mol. The second kappa shape index (κ2) is 4.12. The number of rotatable bonds is 2. The molecule has 0 fully saturated rings. The van der Waals surface area contributed by atoms with Crippen LogP contribution in [0.25, 0.3) is 0 Å². The van der Waals surface area contributed by atoms with Gasteiger partial charge in [-0.2, -0.15) is 8.42 Å². The number of nitrogens with zero attached hydrogens (tertiary/aromatic N) is 2. The summed E-state index contributed by atoms with van der Waals surface area (Å²) in [6.07, 6.45) is 1.37. The van der Waals surface area contributed by atoms with Crippen LogP contribution in [0.4, 0.5) is 0 Å². The number of hydrogen-bond acceptors (Lipinski definition) is 3. The minimum Gasteiger partial charge on any atom is -0.243 e. The zero-order valence-corrected chi connectivity index (χ0v) is 8.93. The van der Waals surface area contributed by atoms with Crippen molar-refractivity contribution in [3.05, 3.63) is 24.4 Å². The first kappa shape index (κ1) is 10.6. The van der Waals surface area contributed by atoms with Gasteiger partial charge in [-0.1, -0.05) is 6.07 Å². The molecule has 0 saturated carbocycles. The molecule has 7 heteroatoms. The highest BCUT2D eigenvalue weighted by Crippen LogP contribution is 2.09. The van der Waals surface area contributed by atoms with Gasteiger partial charge in [-0.05, 0) is 12.1 Å². The monoisotopic (exact) mass is 234 g/mol. The van der Waals surface area contributed by atoms with Crippen molar-refractivity contribution in [2.45, 2.75) is 5.03 Å². The lowest BCUT2D eigenvalue weighted by molar-refractivity contribution is 0.594. The minimum atomic E-state index is -3.74. The zero-order valence-electron chi connectivity index (χ0n) is 6.32. The third-order valence-electron chi connectivity index (χ3n) is 1.10. The maximum absolute atomic E-state index is 11.3. The lowest BCUT2D eigenvalue weighted by Gasteiger charge is -1.95. The Morgan fingerprint density at radius 1 is 1.38 bits per heavy atom. The molecule has 1 aromatic rings. The van der Waals surface area contributed by atoms with Crippen molar-refractivity contribution in [2.75, 3.05) is 0 Å². The molecule has 0 radical (unpaired) electrons. The molecule has 70 valence electrons. The number of sulfonamides is 1. The van der Waals surface area contributed by atoms with Crippen molar-refractivity contribution >= 4 is 39.7 Å². The van der Waals surface area contributed by atoms with E-state index in [-0.39, 0.29) is 9.40 Å². The van der Waals surface area contributed by atoms with Crippen LogP contribution >= 0.6 is 25.3 Å². The van der Waals surface area contributed by atoms with Gasteiger partial charge in [0.25, 0.3) is 0 Å². The Kier molecular flexibility index (Phi) is 3.34. The molecule has 0 spiro atoms. The van der Waals surface area contributed by atoms with Crippen LogP contribution in [0.5, 0.6) is 0 Å². The Morgan fingerprint density at radius 3 is 2.54 bits per heavy atom. The predicted molar refractivity (Wildman–Crippen MR) is 56.8 cm³/mol.